The van der Waals surface area contributed by atoms with E-state index in [9.17, 15) is 29.4 Å². The third-order valence-corrected chi connectivity index (χ3v) is 6.59. The monoisotopic (exact) mass is 452 g/mol. The number of aliphatic hydroxyl groups is 2. The Kier molecular flexibility index (Phi) is 6.07. The van der Waals surface area contributed by atoms with Crippen LogP contribution in [0.2, 0.25) is 0 Å². The minimum atomic E-state index is -1.08. The van der Waals surface area contributed by atoms with Gasteiger partial charge in [-0.2, -0.15) is 0 Å². The van der Waals surface area contributed by atoms with Crippen LogP contribution in [0.15, 0.2) is 24.3 Å². The van der Waals surface area contributed by atoms with Gasteiger partial charge < -0.3 is 10.2 Å². The highest BCUT2D eigenvalue weighted by Gasteiger charge is 2.42. The molecule has 174 valence electrons. The van der Waals surface area contributed by atoms with Crippen molar-refractivity contribution in [2.45, 2.75) is 52.1 Å². The van der Waals surface area contributed by atoms with Crippen LogP contribution in [0.1, 0.15) is 81.5 Å². The van der Waals surface area contributed by atoms with Gasteiger partial charge in [-0.25, -0.2) is 0 Å². The van der Waals surface area contributed by atoms with Gasteiger partial charge in [0.15, 0.2) is 0 Å². The number of hydrogen-bond donors (Lipinski definition) is 2. The Morgan fingerprint density at radius 2 is 1.06 bits per heavy atom. The maximum atomic E-state index is 13.4. The Labute approximate surface area is 191 Å². The fourth-order valence-corrected chi connectivity index (χ4v) is 4.82. The molecule has 2 N–H and O–H groups in total. The van der Waals surface area contributed by atoms with Gasteiger partial charge in [0.2, 0.25) is 0 Å². The van der Waals surface area contributed by atoms with Gasteiger partial charge in [0.1, 0.15) is 0 Å². The predicted octanol–water partition coefficient (Wildman–Crippen LogP) is 2.60. The van der Waals surface area contributed by atoms with Gasteiger partial charge >= 0.3 is 0 Å². The first kappa shape index (κ1) is 23.1. The lowest BCUT2D eigenvalue weighted by molar-refractivity contribution is 0.0373. The lowest BCUT2D eigenvalue weighted by atomic mass is 9.85. The molecular weight excluding hydrogens is 424 g/mol. The zero-order chi connectivity index (χ0) is 24.0. The highest BCUT2D eigenvalue weighted by Crippen LogP contribution is 2.39. The van der Waals surface area contributed by atoms with E-state index in [2.05, 4.69) is 13.8 Å². The molecule has 4 rings (SSSR count). The fraction of sp³-hybridized carbons (Fsp3) is 0.440. The van der Waals surface area contributed by atoms with Crippen molar-refractivity contribution in [2.75, 3.05) is 13.2 Å². The zero-order valence-electron chi connectivity index (χ0n) is 19.0. The maximum absolute atomic E-state index is 13.4. The van der Waals surface area contributed by atoms with E-state index in [1.807, 2.05) is 6.92 Å². The Morgan fingerprint density at radius 3 is 1.42 bits per heavy atom. The number of benzene rings is 2. The first-order chi connectivity index (χ1) is 15.7. The molecule has 0 radical (unpaired) electrons. The summed E-state index contributed by atoms with van der Waals surface area (Å²) in [7, 11) is 0. The lowest BCUT2D eigenvalue weighted by Crippen LogP contribution is -2.51. The van der Waals surface area contributed by atoms with Gasteiger partial charge in [-0.1, -0.05) is 26.7 Å². The molecule has 2 aromatic rings. The number of aliphatic hydroxyl groups excluding tert-OH is 2. The summed E-state index contributed by atoms with van der Waals surface area (Å²) in [6, 6.07) is 4.64. The van der Waals surface area contributed by atoms with Gasteiger partial charge in [-0.15, -0.1) is 0 Å². The third kappa shape index (κ3) is 3.54. The minimum absolute atomic E-state index is 0.163. The molecule has 0 aliphatic carbocycles. The topological polar surface area (TPSA) is 115 Å². The molecule has 0 aromatic heterocycles. The second kappa shape index (κ2) is 8.68. The number of amides is 4. The molecule has 2 aliphatic rings. The van der Waals surface area contributed by atoms with E-state index < -0.39 is 42.9 Å². The fourth-order valence-electron chi connectivity index (χ4n) is 4.82. The van der Waals surface area contributed by atoms with Crippen LogP contribution in [-0.4, -0.2) is 68.9 Å². The van der Waals surface area contributed by atoms with Crippen molar-refractivity contribution in [3.63, 3.8) is 0 Å². The molecule has 0 saturated carbocycles. The van der Waals surface area contributed by atoms with Crippen LogP contribution in [-0.2, 0) is 0 Å². The van der Waals surface area contributed by atoms with E-state index in [4.69, 9.17) is 0 Å². The van der Waals surface area contributed by atoms with E-state index >= 15 is 0 Å². The SMILES string of the molecule is CC(C)CCCC(C)N1C(=O)c2ccc3c4c(ccc(c24)C1=O)C(=O)N(C(CO)CO)C3=O. The largest absolute Gasteiger partial charge is 0.394 e. The average molecular weight is 453 g/mol. The first-order valence-corrected chi connectivity index (χ1v) is 11.3. The summed E-state index contributed by atoms with van der Waals surface area (Å²) in [4.78, 5) is 55.1. The normalized spacial score (nSPS) is 16.6. The van der Waals surface area contributed by atoms with E-state index in [1.165, 1.54) is 29.2 Å². The van der Waals surface area contributed by atoms with Crippen LogP contribution in [0.4, 0.5) is 0 Å². The van der Waals surface area contributed by atoms with Crippen molar-refractivity contribution in [3.05, 3.63) is 46.5 Å². The molecule has 1 atom stereocenters. The standard InChI is InChI=1S/C25H28N2O6/c1-13(2)5-4-6-14(3)26-22(30)16-7-9-18-21-19(10-8-17(20(16)21)23(26)31)25(33)27(24(18)32)15(11-28)12-29/h7-10,13-15,28-29H,4-6,11-12H2,1-3H3. The van der Waals surface area contributed by atoms with Crippen LogP contribution in [0, 0.1) is 5.92 Å². The third-order valence-electron chi connectivity index (χ3n) is 6.59. The van der Waals surface area contributed by atoms with Crippen molar-refractivity contribution in [1.29, 1.82) is 0 Å². The van der Waals surface area contributed by atoms with E-state index in [0.717, 1.165) is 17.7 Å². The summed E-state index contributed by atoms with van der Waals surface area (Å²) in [5.74, 6) is -1.67. The van der Waals surface area contributed by atoms with Gasteiger partial charge in [0.05, 0.1) is 19.3 Å². The van der Waals surface area contributed by atoms with E-state index in [1.54, 1.807) is 0 Å². The van der Waals surface area contributed by atoms with Crippen molar-refractivity contribution in [1.82, 2.24) is 9.80 Å². The maximum Gasteiger partial charge on any atom is 0.261 e. The quantitative estimate of drug-likeness (QED) is 0.595. The number of imide groups is 2. The second-order valence-corrected chi connectivity index (χ2v) is 9.22. The van der Waals surface area contributed by atoms with Crippen LogP contribution in [0.5, 0.6) is 0 Å². The van der Waals surface area contributed by atoms with Crippen LogP contribution < -0.4 is 0 Å². The minimum Gasteiger partial charge on any atom is -0.394 e. The van der Waals surface area contributed by atoms with Crippen LogP contribution >= 0.6 is 0 Å². The van der Waals surface area contributed by atoms with Gasteiger partial charge in [-0.3, -0.25) is 29.0 Å². The molecule has 0 fully saturated rings. The molecule has 2 aromatic carbocycles. The summed E-state index contributed by atoms with van der Waals surface area (Å²) in [6.07, 6.45) is 2.59. The smallest absolute Gasteiger partial charge is 0.261 e. The first-order valence-electron chi connectivity index (χ1n) is 11.3. The predicted molar refractivity (Wildman–Crippen MR) is 121 cm³/mol. The Balaban J connectivity index is 1.80. The molecule has 2 heterocycles. The molecule has 0 saturated heterocycles. The van der Waals surface area contributed by atoms with Crippen molar-refractivity contribution in [3.8, 4) is 0 Å². The molecule has 1 unspecified atom stereocenters. The molecular formula is C25H28N2O6. The molecule has 4 amide bonds. The van der Waals surface area contributed by atoms with Gasteiger partial charge in [0.25, 0.3) is 23.6 Å². The summed E-state index contributed by atoms with van der Waals surface area (Å²) < 4.78 is 0. The number of hydrogen-bond acceptors (Lipinski definition) is 6. The highest BCUT2D eigenvalue weighted by atomic mass is 16.3. The van der Waals surface area contributed by atoms with Gasteiger partial charge in [0, 0.05) is 39.1 Å². The number of nitrogens with zero attached hydrogens (tertiary/aromatic N) is 2. The van der Waals surface area contributed by atoms with Crippen LogP contribution in [0.25, 0.3) is 10.8 Å². The zero-order valence-corrected chi connectivity index (χ0v) is 19.0. The summed E-state index contributed by atoms with van der Waals surface area (Å²) >= 11 is 0. The molecule has 8 heteroatoms. The number of rotatable bonds is 8. The van der Waals surface area contributed by atoms with Crippen LogP contribution in [0.3, 0.4) is 0 Å². The van der Waals surface area contributed by atoms with E-state index in [-0.39, 0.29) is 33.7 Å². The molecule has 0 spiro atoms. The van der Waals surface area contributed by atoms with Crippen molar-refractivity contribution in [2.24, 2.45) is 5.92 Å². The second-order valence-electron chi connectivity index (χ2n) is 9.22. The van der Waals surface area contributed by atoms with Crippen molar-refractivity contribution >= 4 is 34.4 Å². The number of carbonyl (C=O) groups is 4. The van der Waals surface area contributed by atoms with Crippen molar-refractivity contribution < 1.29 is 29.4 Å². The molecule has 2 aliphatic heterocycles. The molecule has 8 nitrogen and oxygen atoms in total. The number of carbonyl (C=O) groups excluding carboxylic acids is 4. The van der Waals surface area contributed by atoms with Gasteiger partial charge in [-0.05, 0) is 43.5 Å². The highest BCUT2D eigenvalue weighted by molar-refractivity contribution is 6.33. The summed E-state index contributed by atoms with van der Waals surface area (Å²) in [6.45, 7) is 4.96. The summed E-state index contributed by atoms with van der Waals surface area (Å²) in [5.41, 5.74) is 0.902. The lowest BCUT2D eigenvalue weighted by Gasteiger charge is -2.35. The average Bonchev–Trinajstić information content (AvgIpc) is 2.78. The molecule has 33 heavy (non-hydrogen) atoms. The molecule has 0 bridgehead atoms. The Hall–Kier alpha value is -3.10. The summed E-state index contributed by atoms with van der Waals surface area (Å²) in [5, 5.41) is 19.7. The Bertz CT molecular complexity index is 1100. The van der Waals surface area contributed by atoms with E-state index in [0.29, 0.717) is 17.7 Å². The Morgan fingerprint density at radius 1 is 0.667 bits per heavy atom.